The Kier molecular flexibility index (Phi) is 23.9. The molecule has 0 aliphatic rings. The van der Waals surface area contributed by atoms with Gasteiger partial charge in [0.1, 0.15) is 13.2 Å². The van der Waals surface area contributed by atoms with Crippen molar-refractivity contribution in [2.45, 2.75) is 130 Å². The Morgan fingerprint density at radius 1 is 0.521 bits per heavy atom. The van der Waals surface area contributed by atoms with Gasteiger partial charge in [0.2, 0.25) is 0 Å². The Labute approximate surface area is 294 Å². The van der Waals surface area contributed by atoms with Gasteiger partial charge < -0.3 is 19.3 Å². The van der Waals surface area contributed by atoms with E-state index in [4.69, 9.17) is 9.47 Å². The van der Waals surface area contributed by atoms with Gasteiger partial charge in [-0.05, 0) is 100 Å². The highest BCUT2D eigenvalue weighted by atomic mass is 16.5. The number of hydrogen-bond donors (Lipinski definition) is 0. The van der Waals surface area contributed by atoms with E-state index in [1.165, 1.54) is 77.0 Å². The summed E-state index contributed by atoms with van der Waals surface area (Å²) in [5, 5.41) is 0. The van der Waals surface area contributed by atoms with Crippen molar-refractivity contribution in [3.8, 4) is 11.1 Å². The zero-order valence-corrected chi connectivity index (χ0v) is 31.1. The zero-order chi connectivity index (χ0) is 34.7. The minimum atomic E-state index is 0.160. The van der Waals surface area contributed by atoms with Gasteiger partial charge in [-0.3, -0.25) is 9.59 Å². The highest BCUT2D eigenvalue weighted by Crippen LogP contribution is 2.22. The van der Waals surface area contributed by atoms with Gasteiger partial charge in [0.25, 0.3) is 0 Å². The Hall–Kier alpha value is -2.38. The van der Waals surface area contributed by atoms with Crippen molar-refractivity contribution in [3.63, 3.8) is 0 Å². The molecule has 2 rings (SSSR count). The van der Waals surface area contributed by atoms with Gasteiger partial charge >= 0.3 is 0 Å². The molecule has 0 bridgehead atoms. The molecule has 0 unspecified atom stereocenters. The molecule has 0 fully saturated rings. The molecule has 0 heterocycles. The molecule has 0 radical (unpaired) electrons. The van der Waals surface area contributed by atoms with E-state index in [-0.39, 0.29) is 24.8 Å². The normalized spacial score (nSPS) is 11.5. The predicted molar refractivity (Wildman–Crippen MR) is 201 cm³/mol. The van der Waals surface area contributed by atoms with Crippen molar-refractivity contribution in [2.24, 2.45) is 0 Å². The molecular formula is C42H68N2O4. The first-order chi connectivity index (χ1) is 23.4. The quantitative estimate of drug-likeness (QED) is 0.0748. The van der Waals surface area contributed by atoms with E-state index in [9.17, 15) is 9.59 Å². The van der Waals surface area contributed by atoms with Crippen LogP contribution in [0.4, 0.5) is 0 Å². The van der Waals surface area contributed by atoms with Crippen molar-refractivity contribution < 1.29 is 19.1 Å². The van der Waals surface area contributed by atoms with Crippen molar-refractivity contribution in [2.75, 3.05) is 53.5 Å². The van der Waals surface area contributed by atoms with E-state index in [2.05, 4.69) is 62.0 Å². The first kappa shape index (κ1) is 41.8. The van der Waals surface area contributed by atoms with E-state index in [0.29, 0.717) is 26.1 Å². The molecule has 0 saturated carbocycles. The molecular weight excluding hydrogens is 596 g/mol. The third kappa shape index (κ3) is 20.9. The van der Waals surface area contributed by atoms with Gasteiger partial charge in [-0.2, -0.15) is 0 Å². The third-order valence-corrected chi connectivity index (χ3v) is 9.03. The lowest BCUT2D eigenvalue weighted by molar-refractivity contribution is -0.124. The van der Waals surface area contributed by atoms with Crippen LogP contribution in [0.2, 0.25) is 0 Å². The molecule has 2 aromatic carbocycles. The number of hydrogen-bond acceptors (Lipinski definition) is 6. The number of ether oxygens (including phenoxy) is 2. The lowest BCUT2D eigenvalue weighted by atomic mass is 10.0. The molecule has 6 nitrogen and oxygen atoms in total. The van der Waals surface area contributed by atoms with Crippen molar-refractivity contribution >= 4 is 11.6 Å². The lowest BCUT2D eigenvalue weighted by Gasteiger charge is -2.16. The van der Waals surface area contributed by atoms with Crippen LogP contribution in [0, 0.1) is 0 Å². The number of benzene rings is 2. The summed E-state index contributed by atoms with van der Waals surface area (Å²) in [5.41, 5.74) is 4.28. The second-order valence-corrected chi connectivity index (χ2v) is 13.8. The van der Waals surface area contributed by atoms with E-state index < -0.39 is 0 Å². The summed E-state index contributed by atoms with van der Waals surface area (Å²) in [5.74, 6) is 0.335. The maximum atomic E-state index is 12.4. The Morgan fingerprint density at radius 3 is 1.31 bits per heavy atom. The minimum absolute atomic E-state index is 0.160. The minimum Gasteiger partial charge on any atom is -0.369 e. The van der Waals surface area contributed by atoms with Gasteiger partial charge in [0.15, 0.2) is 11.6 Å². The van der Waals surface area contributed by atoms with E-state index in [1.807, 2.05) is 24.3 Å². The van der Waals surface area contributed by atoms with Crippen LogP contribution in [0.5, 0.6) is 0 Å². The average molecular weight is 665 g/mol. The largest absolute Gasteiger partial charge is 0.369 e. The number of carbonyl (C=O) groups excluding carboxylic acids is 2. The molecule has 0 spiro atoms. The van der Waals surface area contributed by atoms with Crippen LogP contribution in [-0.2, 0) is 32.3 Å². The summed E-state index contributed by atoms with van der Waals surface area (Å²) >= 11 is 0. The SMILES string of the molecule is CCCCCCCCN(C)CCCC(=O)COCc1cccc(-c2cccc(COCC(=O)CCCN(C)CCCCCCCC)c2)c1. The Morgan fingerprint density at radius 2 is 0.896 bits per heavy atom. The van der Waals surface area contributed by atoms with Crippen molar-refractivity contribution in [3.05, 3.63) is 59.7 Å². The molecule has 0 N–H and O–H groups in total. The molecule has 270 valence electrons. The van der Waals surface area contributed by atoms with E-state index in [0.717, 1.165) is 61.3 Å². The second kappa shape index (κ2) is 27.4. The lowest BCUT2D eigenvalue weighted by Crippen LogP contribution is -2.22. The fourth-order valence-electron chi connectivity index (χ4n) is 6.03. The second-order valence-electron chi connectivity index (χ2n) is 13.8. The van der Waals surface area contributed by atoms with Gasteiger partial charge in [-0.1, -0.05) is 114 Å². The first-order valence-corrected chi connectivity index (χ1v) is 19.2. The highest BCUT2D eigenvalue weighted by molar-refractivity contribution is 5.80. The maximum Gasteiger partial charge on any atom is 0.158 e. The van der Waals surface area contributed by atoms with Crippen molar-refractivity contribution in [1.82, 2.24) is 9.80 Å². The summed E-state index contributed by atoms with van der Waals surface area (Å²) in [4.78, 5) is 29.5. The van der Waals surface area contributed by atoms with Crippen LogP contribution in [0.3, 0.4) is 0 Å². The van der Waals surface area contributed by atoms with Crippen molar-refractivity contribution in [1.29, 1.82) is 0 Å². The standard InChI is InChI=1S/C42H68N2O4/c1-5-7-9-11-13-15-27-43(3)29-19-25-41(45)35-47-33-37-21-17-23-39(31-37)40-24-18-22-38(32-40)34-48-36-42(46)26-20-30-44(4)28-16-14-12-10-8-6-2/h17-18,21-24,31-32H,5-16,19-20,25-30,33-36H2,1-4H3. The third-order valence-electron chi connectivity index (χ3n) is 9.03. The molecule has 2 aromatic rings. The summed E-state index contributed by atoms with van der Waals surface area (Å²) in [6.45, 7) is 9.79. The Bertz CT molecular complexity index is 1030. The number of nitrogens with zero attached hydrogens (tertiary/aromatic N) is 2. The highest BCUT2D eigenvalue weighted by Gasteiger charge is 2.08. The number of rotatable bonds is 31. The molecule has 6 heteroatoms. The fraction of sp³-hybridized carbons (Fsp3) is 0.667. The molecule has 0 aromatic heterocycles. The summed E-state index contributed by atoms with van der Waals surface area (Å²) in [7, 11) is 4.31. The summed E-state index contributed by atoms with van der Waals surface area (Å²) in [6, 6.07) is 16.5. The van der Waals surface area contributed by atoms with Gasteiger partial charge in [-0.25, -0.2) is 0 Å². The zero-order valence-electron chi connectivity index (χ0n) is 31.1. The molecule has 0 atom stereocenters. The molecule has 48 heavy (non-hydrogen) atoms. The van der Waals surface area contributed by atoms with E-state index in [1.54, 1.807) is 0 Å². The number of Topliss-reactive ketones (excluding diaryl/α,β-unsaturated/α-hetero) is 2. The van der Waals surface area contributed by atoms with Crippen LogP contribution >= 0.6 is 0 Å². The van der Waals surface area contributed by atoms with E-state index >= 15 is 0 Å². The molecule has 0 amide bonds. The van der Waals surface area contributed by atoms with Crippen LogP contribution in [0.25, 0.3) is 11.1 Å². The maximum absolute atomic E-state index is 12.4. The number of ketones is 2. The molecule has 0 aliphatic carbocycles. The average Bonchev–Trinajstić information content (AvgIpc) is 3.08. The first-order valence-electron chi connectivity index (χ1n) is 19.2. The fourth-order valence-corrected chi connectivity index (χ4v) is 6.03. The molecule has 0 saturated heterocycles. The topological polar surface area (TPSA) is 59.1 Å². The summed E-state index contributed by atoms with van der Waals surface area (Å²) < 4.78 is 11.6. The van der Waals surface area contributed by atoms with Gasteiger partial charge in [0.05, 0.1) is 13.2 Å². The van der Waals surface area contributed by atoms with Crippen LogP contribution in [0.1, 0.15) is 128 Å². The van der Waals surface area contributed by atoms with Crippen LogP contribution in [0.15, 0.2) is 48.5 Å². The van der Waals surface area contributed by atoms with Crippen LogP contribution < -0.4 is 0 Å². The van der Waals surface area contributed by atoms with Gasteiger partial charge in [0, 0.05) is 12.8 Å². The molecule has 0 aliphatic heterocycles. The van der Waals surface area contributed by atoms with Gasteiger partial charge in [-0.15, -0.1) is 0 Å². The number of carbonyl (C=O) groups is 2. The Balaban J connectivity index is 1.62. The number of unbranched alkanes of at least 4 members (excludes halogenated alkanes) is 10. The smallest absolute Gasteiger partial charge is 0.158 e. The monoisotopic (exact) mass is 665 g/mol. The summed E-state index contributed by atoms with van der Waals surface area (Å²) in [6.07, 6.45) is 18.6. The predicted octanol–water partition coefficient (Wildman–Crippen LogP) is 9.67. The van der Waals surface area contributed by atoms with Crippen LogP contribution in [-0.4, -0.2) is 74.9 Å².